The summed E-state index contributed by atoms with van der Waals surface area (Å²) in [6, 6.07) is 8.27. The number of esters is 1. The Bertz CT molecular complexity index is 745. The molecule has 146 valence electrons. The van der Waals surface area contributed by atoms with Crippen LogP contribution in [0.25, 0.3) is 0 Å². The third kappa shape index (κ3) is 4.90. The number of nitrogens with two attached hydrogens (primary N) is 1. The molecule has 1 fully saturated rings. The number of rotatable bonds is 7. The van der Waals surface area contributed by atoms with E-state index in [-0.39, 0.29) is 30.6 Å². The van der Waals surface area contributed by atoms with Crippen LogP contribution in [0.3, 0.4) is 0 Å². The van der Waals surface area contributed by atoms with Gasteiger partial charge >= 0.3 is 5.97 Å². The van der Waals surface area contributed by atoms with Gasteiger partial charge in [0.05, 0.1) is 12.6 Å². The minimum absolute atomic E-state index is 0.0169. The summed E-state index contributed by atoms with van der Waals surface area (Å²) in [5.41, 5.74) is 8.56. The second-order valence-corrected chi connectivity index (χ2v) is 7.06. The summed E-state index contributed by atoms with van der Waals surface area (Å²) >= 11 is 0. The Balaban J connectivity index is 1.89. The van der Waals surface area contributed by atoms with Gasteiger partial charge in [-0.2, -0.15) is 0 Å². The van der Waals surface area contributed by atoms with Gasteiger partial charge in [-0.05, 0) is 42.7 Å². The molecule has 8 nitrogen and oxygen atoms in total. The second kappa shape index (κ2) is 9.05. The van der Waals surface area contributed by atoms with Crippen molar-refractivity contribution in [2.75, 3.05) is 6.61 Å². The quantitative estimate of drug-likeness (QED) is 0.709. The van der Waals surface area contributed by atoms with Crippen molar-refractivity contribution in [2.45, 2.75) is 64.2 Å². The molecule has 0 aliphatic heterocycles. The average molecular weight is 372 g/mol. The van der Waals surface area contributed by atoms with Gasteiger partial charge in [0.15, 0.2) is 5.82 Å². The van der Waals surface area contributed by atoms with E-state index in [9.17, 15) is 4.79 Å². The smallest absolute Gasteiger partial charge is 0.327 e. The highest BCUT2D eigenvalue weighted by atomic mass is 16.5. The van der Waals surface area contributed by atoms with Crippen molar-refractivity contribution in [3.05, 3.63) is 41.2 Å². The first-order chi connectivity index (χ1) is 13.1. The highest BCUT2D eigenvalue weighted by Crippen LogP contribution is 2.25. The van der Waals surface area contributed by atoms with E-state index in [0.717, 1.165) is 31.2 Å². The van der Waals surface area contributed by atoms with Crippen LogP contribution in [0.1, 0.15) is 55.6 Å². The lowest BCUT2D eigenvalue weighted by atomic mass is 9.89. The SMILES string of the molecule is CCOC(=O)Cn1nnnc1C(NC1CCCCC1N)c1ccc(C)cc1. The van der Waals surface area contributed by atoms with E-state index in [1.54, 1.807) is 6.92 Å². The van der Waals surface area contributed by atoms with Gasteiger partial charge in [0.25, 0.3) is 0 Å². The van der Waals surface area contributed by atoms with Gasteiger partial charge in [-0.15, -0.1) is 5.10 Å². The number of carbonyl (C=O) groups excluding carboxylic acids is 1. The lowest BCUT2D eigenvalue weighted by molar-refractivity contribution is -0.144. The van der Waals surface area contributed by atoms with Crippen LogP contribution in [0.15, 0.2) is 24.3 Å². The van der Waals surface area contributed by atoms with E-state index in [0.29, 0.717) is 12.4 Å². The predicted molar refractivity (Wildman–Crippen MR) is 101 cm³/mol. The first kappa shape index (κ1) is 19.4. The number of tetrazole rings is 1. The molecule has 1 heterocycles. The van der Waals surface area contributed by atoms with Gasteiger partial charge in [-0.3, -0.25) is 10.1 Å². The van der Waals surface area contributed by atoms with Crippen LogP contribution in [0, 0.1) is 6.92 Å². The maximum absolute atomic E-state index is 11.9. The summed E-state index contributed by atoms with van der Waals surface area (Å²) in [4.78, 5) is 11.9. The lowest BCUT2D eigenvalue weighted by Crippen LogP contribution is -2.49. The molecule has 1 aliphatic rings. The zero-order chi connectivity index (χ0) is 19.2. The number of aryl methyl sites for hydroxylation is 1. The van der Waals surface area contributed by atoms with Crippen molar-refractivity contribution in [3.63, 3.8) is 0 Å². The fourth-order valence-electron chi connectivity index (χ4n) is 3.52. The normalized spacial score (nSPS) is 21.0. The zero-order valence-electron chi connectivity index (χ0n) is 16.0. The fourth-order valence-corrected chi connectivity index (χ4v) is 3.52. The van der Waals surface area contributed by atoms with Crippen molar-refractivity contribution in [3.8, 4) is 0 Å². The Morgan fingerprint density at radius 2 is 2.07 bits per heavy atom. The first-order valence-electron chi connectivity index (χ1n) is 9.58. The molecule has 27 heavy (non-hydrogen) atoms. The highest BCUT2D eigenvalue weighted by molar-refractivity contribution is 5.69. The van der Waals surface area contributed by atoms with E-state index >= 15 is 0 Å². The Morgan fingerprint density at radius 3 is 2.78 bits per heavy atom. The summed E-state index contributed by atoms with van der Waals surface area (Å²) in [6.45, 7) is 4.14. The molecule has 1 saturated carbocycles. The van der Waals surface area contributed by atoms with E-state index in [1.807, 2.05) is 6.92 Å². The molecule has 3 rings (SSSR count). The van der Waals surface area contributed by atoms with Crippen molar-refractivity contribution in [2.24, 2.45) is 5.73 Å². The van der Waals surface area contributed by atoms with E-state index in [2.05, 4.69) is 45.1 Å². The molecule has 3 unspecified atom stereocenters. The molecule has 0 bridgehead atoms. The minimum atomic E-state index is -0.358. The van der Waals surface area contributed by atoms with Crippen molar-refractivity contribution >= 4 is 5.97 Å². The van der Waals surface area contributed by atoms with Gasteiger partial charge < -0.3 is 10.5 Å². The molecule has 0 amide bonds. The number of nitrogens with zero attached hydrogens (tertiary/aromatic N) is 4. The Hall–Kier alpha value is -2.32. The number of hydrogen-bond acceptors (Lipinski definition) is 7. The number of benzene rings is 1. The van der Waals surface area contributed by atoms with Crippen LogP contribution in [0.2, 0.25) is 0 Å². The van der Waals surface area contributed by atoms with Crippen molar-refractivity contribution in [1.82, 2.24) is 25.5 Å². The Labute approximate surface area is 159 Å². The third-order valence-electron chi connectivity index (χ3n) is 5.01. The molecule has 1 aliphatic carbocycles. The van der Waals surface area contributed by atoms with Crippen molar-refractivity contribution in [1.29, 1.82) is 0 Å². The van der Waals surface area contributed by atoms with Crippen LogP contribution in [-0.2, 0) is 16.1 Å². The zero-order valence-corrected chi connectivity index (χ0v) is 16.0. The maximum atomic E-state index is 11.9. The van der Waals surface area contributed by atoms with Gasteiger partial charge in [0.1, 0.15) is 6.54 Å². The largest absolute Gasteiger partial charge is 0.465 e. The molecule has 3 N–H and O–H groups in total. The second-order valence-electron chi connectivity index (χ2n) is 7.06. The van der Waals surface area contributed by atoms with Gasteiger partial charge in [0, 0.05) is 12.1 Å². The van der Waals surface area contributed by atoms with Gasteiger partial charge in [-0.25, -0.2) is 4.68 Å². The molecule has 3 atom stereocenters. The minimum Gasteiger partial charge on any atom is -0.465 e. The topological polar surface area (TPSA) is 108 Å². The molecule has 0 radical (unpaired) electrons. The number of hydrogen-bond donors (Lipinski definition) is 2. The summed E-state index contributed by atoms with van der Waals surface area (Å²) in [7, 11) is 0. The van der Waals surface area contributed by atoms with Crippen LogP contribution >= 0.6 is 0 Å². The van der Waals surface area contributed by atoms with Gasteiger partial charge in [-0.1, -0.05) is 42.7 Å². The molecule has 1 aromatic carbocycles. The summed E-state index contributed by atoms with van der Waals surface area (Å²) < 4.78 is 6.55. The third-order valence-corrected chi connectivity index (χ3v) is 5.01. The lowest BCUT2D eigenvalue weighted by Gasteiger charge is -2.33. The summed E-state index contributed by atoms with van der Waals surface area (Å²) in [5, 5.41) is 15.7. The molecule has 2 aromatic rings. The van der Waals surface area contributed by atoms with Crippen molar-refractivity contribution < 1.29 is 9.53 Å². The Morgan fingerprint density at radius 1 is 1.33 bits per heavy atom. The molecule has 1 aromatic heterocycles. The monoisotopic (exact) mass is 372 g/mol. The summed E-state index contributed by atoms with van der Waals surface area (Å²) in [6.07, 6.45) is 4.34. The number of nitrogens with one attached hydrogen (secondary N) is 1. The van der Waals surface area contributed by atoms with E-state index < -0.39 is 0 Å². The molecule has 8 heteroatoms. The molecular formula is C19H28N6O2. The Kier molecular flexibility index (Phi) is 6.52. The van der Waals surface area contributed by atoms with Crippen LogP contribution in [-0.4, -0.2) is 44.9 Å². The maximum Gasteiger partial charge on any atom is 0.327 e. The fraction of sp³-hybridized carbons (Fsp3) is 0.579. The van der Waals surface area contributed by atoms with Crippen LogP contribution < -0.4 is 11.1 Å². The number of aromatic nitrogens is 4. The highest BCUT2D eigenvalue weighted by Gasteiger charge is 2.29. The number of carbonyl (C=O) groups is 1. The van der Waals surface area contributed by atoms with Crippen LogP contribution in [0.4, 0.5) is 0 Å². The standard InChI is InChI=1S/C19H28N6O2/c1-3-27-17(26)12-25-19(22-23-24-25)18(14-10-8-13(2)9-11-14)21-16-7-5-4-6-15(16)20/h8-11,15-16,18,21H,3-7,12,20H2,1-2H3. The van der Waals surface area contributed by atoms with Crippen LogP contribution in [0.5, 0.6) is 0 Å². The molecular weight excluding hydrogens is 344 g/mol. The molecule has 0 spiro atoms. The van der Waals surface area contributed by atoms with E-state index in [1.165, 1.54) is 10.2 Å². The average Bonchev–Trinajstić information content (AvgIpc) is 3.10. The predicted octanol–water partition coefficient (Wildman–Crippen LogP) is 1.49. The van der Waals surface area contributed by atoms with Gasteiger partial charge in [0.2, 0.25) is 0 Å². The first-order valence-corrected chi connectivity index (χ1v) is 9.58. The molecule has 0 saturated heterocycles. The van der Waals surface area contributed by atoms with E-state index in [4.69, 9.17) is 10.5 Å². The number of ether oxygens (including phenoxy) is 1. The summed E-state index contributed by atoms with van der Waals surface area (Å²) in [5.74, 6) is 0.229.